The number of nitrogens with zero attached hydrogens (tertiary/aromatic N) is 2. The Kier molecular flexibility index (Phi) is 5.17. The van der Waals surface area contributed by atoms with Crippen LogP contribution in [0.2, 0.25) is 0 Å². The molecule has 1 aromatic heterocycles. The lowest BCUT2D eigenvalue weighted by Crippen LogP contribution is -2.54. The van der Waals surface area contributed by atoms with Crippen LogP contribution in [0.4, 0.5) is 10.5 Å². The number of nitrogens with one attached hydrogen (secondary N) is 2. The largest absolute Gasteiger partial charge is 0.325 e. The maximum absolute atomic E-state index is 13.0. The first kappa shape index (κ1) is 20.6. The van der Waals surface area contributed by atoms with E-state index in [1.54, 1.807) is 23.5 Å². The third-order valence-electron chi connectivity index (χ3n) is 6.51. The van der Waals surface area contributed by atoms with Crippen molar-refractivity contribution < 1.29 is 14.4 Å². The molecule has 2 atom stereocenters. The molecule has 32 heavy (non-hydrogen) atoms. The maximum Gasteiger partial charge on any atom is 0.325 e. The molecule has 2 aromatic carbocycles. The maximum atomic E-state index is 13.0. The molecule has 4 amide bonds. The van der Waals surface area contributed by atoms with E-state index in [1.807, 2.05) is 43.3 Å². The molecule has 0 unspecified atom stereocenters. The normalized spacial score (nSPS) is 23.0. The van der Waals surface area contributed by atoms with Gasteiger partial charge in [0.1, 0.15) is 17.1 Å². The Morgan fingerprint density at radius 2 is 1.97 bits per heavy atom. The molecule has 1 spiro atoms. The number of hydrogen-bond acceptors (Lipinski definition) is 5. The van der Waals surface area contributed by atoms with Gasteiger partial charge in [-0.25, -0.2) is 9.78 Å². The van der Waals surface area contributed by atoms with Crippen LogP contribution in [0.25, 0.3) is 20.8 Å². The summed E-state index contributed by atoms with van der Waals surface area (Å²) in [7, 11) is 0. The van der Waals surface area contributed by atoms with Crippen molar-refractivity contribution >= 4 is 45.1 Å². The van der Waals surface area contributed by atoms with Gasteiger partial charge >= 0.3 is 6.03 Å². The van der Waals surface area contributed by atoms with Gasteiger partial charge in [-0.3, -0.25) is 14.5 Å². The average Bonchev–Trinajstić information content (AvgIpc) is 3.32. The molecule has 0 radical (unpaired) electrons. The van der Waals surface area contributed by atoms with E-state index in [0.717, 1.165) is 45.0 Å². The number of para-hydroxylation sites is 1. The molecule has 1 aliphatic carbocycles. The summed E-state index contributed by atoms with van der Waals surface area (Å²) in [6.45, 7) is 1.70. The molecule has 2 aliphatic rings. The molecule has 5 rings (SSSR count). The van der Waals surface area contributed by atoms with Gasteiger partial charge in [-0.05, 0) is 55.2 Å². The van der Waals surface area contributed by atoms with Crippen LogP contribution in [0.3, 0.4) is 0 Å². The molecule has 2 fully saturated rings. The number of anilines is 1. The first-order valence-corrected chi connectivity index (χ1v) is 11.7. The molecule has 0 bridgehead atoms. The second kappa shape index (κ2) is 8.02. The highest BCUT2D eigenvalue weighted by Crippen LogP contribution is 2.38. The highest BCUT2D eigenvalue weighted by Gasteiger charge is 2.55. The van der Waals surface area contributed by atoms with Crippen molar-refractivity contribution in [3.63, 3.8) is 0 Å². The van der Waals surface area contributed by atoms with Gasteiger partial charge in [0.25, 0.3) is 5.91 Å². The molecule has 1 saturated heterocycles. The number of carbonyl (C=O) groups excluding carboxylic acids is 3. The van der Waals surface area contributed by atoms with Gasteiger partial charge < -0.3 is 10.6 Å². The van der Waals surface area contributed by atoms with E-state index in [2.05, 4.69) is 15.6 Å². The molecule has 1 saturated carbocycles. The number of rotatable bonds is 4. The van der Waals surface area contributed by atoms with Crippen LogP contribution in [-0.4, -0.2) is 39.8 Å². The van der Waals surface area contributed by atoms with Gasteiger partial charge in [-0.15, -0.1) is 11.3 Å². The van der Waals surface area contributed by atoms with Crippen molar-refractivity contribution in [2.24, 2.45) is 5.92 Å². The molecule has 8 heteroatoms. The summed E-state index contributed by atoms with van der Waals surface area (Å²) in [5, 5.41) is 6.58. The van der Waals surface area contributed by atoms with Crippen molar-refractivity contribution in [3.05, 3.63) is 48.5 Å². The Hall–Kier alpha value is -3.26. The van der Waals surface area contributed by atoms with Crippen molar-refractivity contribution in [1.29, 1.82) is 0 Å². The molecule has 164 valence electrons. The zero-order chi connectivity index (χ0) is 22.3. The third kappa shape index (κ3) is 3.54. The Balaban J connectivity index is 1.25. The Labute approximate surface area is 189 Å². The summed E-state index contributed by atoms with van der Waals surface area (Å²) in [6.07, 6.45) is 3.48. The second-order valence-electron chi connectivity index (χ2n) is 8.55. The van der Waals surface area contributed by atoms with E-state index >= 15 is 0 Å². The predicted molar refractivity (Wildman–Crippen MR) is 124 cm³/mol. The van der Waals surface area contributed by atoms with E-state index in [9.17, 15) is 14.4 Å². The van der Waals surface area contributed by atoms with E-state index in [4.69, 9.17) is 0 Å². The van der Waals surface area contributed by atoms with Gasteiger partial charge in [0.2, 0.25) is 5.91 Å². The molecule has 1 aliphatic heterocycles. The lowest BCUT2D eigenvalue weighted by atomic mass is 9.73. The monoisotopic (exact) mass is 448 g/mol. The summed E-state index contributed by atoms with van der Waals surface area (Å²) < 4.78 is 1.12. The van der Waals surface area contributed by atoms with E-state index < -0.39 is 17.5 Å². The van der Waals surface area contributed by atoms with E-state index in [0.29, 0.717) is 12.1 Å². The van der Waals surface area contributed by atoms with Crippen molar-refractivity contribution in [1.82, 2.24) is 15.2 Å². The topological polar surface area (TPSA) is 91.4 Å². The average molecular weight is 449 g/mol. The highest BCUT2D eigenvalue weighted by atomic mass is 32.1. The van der Waals surface area contributed by atoms with Crippen LogP contribution in [0.5, 0.6) is 0 Å². The number of amides is 4. The lowest BCUT2D eigenvalue weighted by molar-refractivity contribution is -0.136. The highest BCUT2D eigenvalue weighted by molar-refractivity contribution is 7.21. The number of aromatic nitrogens is 1. The Bertz CT molecular complexity index is 1170. The van der Waals surface area contributed by atoms with Crippen LogP contribution in [0.15, 0.2) is 48.5 Å². The van der Waals surface area contributed by atoms with Gasteiger partial charge in [0, 0.05) is 11.3 Å². The van der Waals surface area contributed by atoms with Crippen molar-refractivity contribution in [3.8, 4) is 10.6 Å². The van der Waals surface area contributed by atoms with Gasteiger partial charge in [-0.1, -0.05) is 31.9 Å². The molecule has 2 heterocycles. The van der Waals surface area contributed by atoms with Gasteiger partial charge in [0.05, 0.1) is 10.2 Å². The van der Waals surface area contributed by atoms with Crippen LogP contribution >= 0.6 is 11.3 Å². The quantitative estimate of drug-likeness (QED) is 0.579. The fourth-order valence-electron chi connectivity index (χ4n) is 4.67. The zero-order valence-electron chi connectivity index (χ0n) is 17.8. The van der Waals surface area contributed by atoms with Crippen LogP contribution in [0, 0.1) is 5.92 Å². The van der Waals surface area contributed by atoms with Gasteiger partial charge in [0.15, 0.2) is 0 Å². The molecule has 2 N–H and O–H groups in total. The SMILES string of the molecule is C[C@@H]1CCCC[C@]12NC(=O)N(CC(=O)Nc1ccc(-c3nc4ccccc4s3)cc1)C2=O. The number of urea groups is 1. The molecular formula is C24H24N4O3S. The first-order valence-electron chi connectivity index (χ1n) is 10.9. The second-order valence-corrected chi connectivity index (χ2v) is 9.58. The summed E-state index contributed by atoms with van der Waals surface area (Å²) in [5.74, 6) is -0.617. The number of carbonyl (C=O) groups is 3. The molecular weight excluding hydrogens is 424 g/mol. The molecule has 7 nitrogen and oxygen atoms in total. The molecule has 3 aromatic rings. The number of thiazole rings is 1. The number of fused-ring (bicyclic) bond motifs is 1. The van der Waals surface area contributed by atoms with E-state index in [1.165, 1.54) is 0 Å². The Morgan fingerprint density at radius 3 is 2.72 bits per heavy atom. The zero-order valence-corrected chi connectivity index (χ0v) is 18.6. The first-order chi connectivity index (χ1) is 15.5. The van der Waals surface area contributed by atoms with E-state index in [-0.39, 0.29) is 18.4 Å². The number of benzene rings is 2. The third-order valence-corrected chi connectivity index (χ3v) is 7.60. The van der Waals surface area contributed by atoms with Crippen LogP contribution in [0.1, 0.15) is 32.6 Å². The standard InChI is InChI=1S/C24H24N4O3S/c1-15-6-4-5-13-24(15)22(30)28(23(31)27-24)14-20(29)25-17-11-9-16(10-12-17)21-26-18-7-2-3-8-19(18)32-21/h2-3,7-12,15H,4-6,13-14H2,1H3,(H,25,29)(H,27,31)/t15-,24+/m1/s1. The Morgan fingerprint density at radius 1 is 1.19 bits per heavy atom. The smallest absolute Gasteiger partial charge is 0.325 e. The summed E-state index contributed by atoms with van der Waals surface area (Å²) >= 11 is 1.62. The van der Waals surface area contributed by atoms with Crippen molar-refractivity contribution in [2.45, 2.75) is 38.1 Å². The minimum atomic E-state index is -0.853. The summed E-state index contributed by atoms with van der Waals surface area (Å²) in [6, 6.07) is 14.9. The lowest BCUT2D eigenvalue weighted by Gasteiger charge is -2.36. The fraction of sp³-hybridized carbons (Fsp3) is 0.333. The fourth-order valence-corrected chi connectivity index (χ4v) is 5.65. The minimum Gasteiger partial charge on any atom is -0.325 e. The van der Waals surface area contributed by atoms with Crippen LogP contribution < -0.4 is 10.6 Å². The van der Waals surface area contributed by atoms with Crippen molar-refractivity contribution in [2.75, 3.05) is 11.9 Å². The minimum absolute atomic E-state index is 0.0656. The van der Waals surface area contributed by atoms with Crippen LogP contribution in [-0.2, 0) is 9.59 Å². The number of hydrogen-bond donors (Lipinski definition) is 2. The summed E-state index contributed by atoms with van der Waals surface area (Å²) in [4.78, 5) is 43.8. The predicted octanol–water partition coefficient (Wildman–Crippen LogP) is 4.40. The number of imide groups is 1. The summed E-state index contributed by atoms with van der Waals surface area (Å²) in [5.41, 5.74) is 1.68. The van der Waals surface area contributed by atoms with Gasteiger partial charge in [-0.2, -0.15) is 0 Å².